The van der Waals surface area contributed by atoms with Gasteiger partial charge in [0.1, 0.15) is 16.9 Å². The molecule has 5 aromatic heterocycles. The molecule has 0 saturated carbocycles. The summed E-state index contributed by atoms with van der Waals surface area (Å²) in [7, 11) is 0. The molecule has 0 saturated heterocycles. The summed E-state index contributed by atoms with van der Waals surface area (Å²) >= 11 is 0. The number of hydrogen-bond donors (Lipinski definition) is 0. The second kappa shape index (κ2) is 12.2. The maximum absolute atomic E-state index is 6.58. The average molecular weight is 754 g/mol. The molecule has 0 aliphatic heterocycles. The Hall–Kier alpha value is -8.09. The van der Waals surface area contributed by atoms with Crippen LogP contribution in [0.1, 0.15) is 0 Å². The van der Waals surface area contributed by atoms with Crippen LogP contribution in [-0.4, -0.2) is 24.1 Å². The molecule has 13 aromatic rings. The van der Waals surface area contributed by atoms with Crippen molar-refractivity contribution in [2.24, 2.45) is 0 Å². The molecule has 0 bridgehead atoms. The van der Waals surface area contributed by atoms with E-state index in [4.69, 9.17) is 19.4 Å². The Morgan fingerprint density at radius 1 is 0.441 bits per heavy atom. The molecule has 6 heteroatoms. The molecule has 0 atom stereocenters. The van der Waals surface area contributed by atoms with Crippen LogP contribution in [0.25, 0.3) is 121 Å². The van der Waals surface area contributed by atoms with Crippen LogP contribution in [0.3, 0.4) is 0 Å². The van der Waals surface area contributed by atoms with E-state index in [1.54, 1.807) is 0 Å². The molecular weight excluding hydrogens is 723 g/mol. The van der Waals surface area contributed by atoms with Crippen molar-refractivity contribution in [1.82, 2.24) is 24.1 Å². The van der Waals surface area contributed by atoms with Crippen LogP contribution in [0.15, 0.2) is 193 Å². The summed E-state index contributed by atoms with van der Waals surface area (Å²) < 4.78 is 11.3. The lowest BCUT2D eigenvalue weighted by atomic mass is 10.0. The molecule has 0 amide bonds. The standard InChI is InChI=1S/C53H31N5O/c1-2-15-33(16-3-1)51-53(56-44-22-9-8-21-43(44)55-51)58-46-26-25-32-14-4-5-17-35(32)50(46)41-31-47-38(30-48(41)58)36-18-6-10-23-45(36)57(47)34-28-39-37-19-7-11-24-49(37)59-52(39)40(29-34)42-20-12-13-27-54-42/h1-31H. The number of nitrogens with zero attached hydrogens (tertiary/aromatic N) is 5. The van der Waals surface area contributed by atoms with Crippen molar-refractivity contribution in [2.45, 2.75) is 0 Å². The normalized spacial score (nSPS) is 12.1. The Morgan fingerprint density at radius 3 is 2.02 bits per heavy atom. The number of furan rings is 1. The Balaban J connectivity index is 1.19. The highest BCUT2D eigenvalue weighted by Crippen LogP contribution is 2.44. The second-order valence-electron chi connectivity index (χ2n) is 15.2. The summed E-state index contributed by atoms with van der Waals surface area (Å²) in [6, 6.07) is 64.0. The molecule has 13 rings (SSSR count). The van der Waals surface area contributed by atoms with Gasteiger partial charge in [0.15, 0.2) is 5.82 Å². The highest BCUT2D eigenvalue weighted by atomic mass is 16.3. The molecule has 8 aromatic carbocycles. The van der Waals surface area contributed by atoms with E-state index in [-0.39, 0.29) is 0 Å². The van der Waals surface area contributed by atoms with Crippen LogP contribution in [0, 0.1) is 0 Å². The number of rotatable bonds is 4. The van der Waals surface area contributed by atoms with Gasteiger partial charge in [-0.2, -0.15) is 0 Å². The average Bonchev–Trinajstić information content (AvgIpc) is 3.95. The molecule has 0 fully saturated rings. The van der Waals surface area contributed by atoms with Crippen LogP contribution < -0.4 is 0 Å². The van der Waals surface area contributed by atoms with Crippen molar-refractivity contribution < 1.29 is 4.42 Å². The van der Waals surface area contributed by atoms with E-state index >= 15 is 0 Å². The summed E-state index contributed by atoms with van der Waals surface area (Å²) in [4.78, 5) is 15.6. The van der Waals surface area contributed by atoms with Crippen LogP contribution in [0.2, 0.25) is 0 Å². The fourth-order valence-corrected chi connectivity index (χ4v) is 9.34. The van der Waals surface area contributed by atoms with E-state index in [1.165, 1.54) is 16.2 Å². The van der Waals surface area contributed by atoms with Gasteiger partial charge in [0.05, 0.1) is 38.8 Å². The molecule has 0 spiro atoms. The largest absolute Gasteiger partial charge is 0.455 e. The molecule has 0 N–H and O–H groups in total. The molecule has 5 heterocycles. The maximum Gasteiger partial charge on any atom is 0.165 e. The smallest absolute Gasteiger partial charge is 0.165 e. The third-order valence-corrected chi connectivity index (χ3v) is 11.9. The molecule has 0 aliphatic carbocycles. The van der Waals surface area contributed by atoms with Gasteiger partial charge in [-0.15, -0.1) is 0 Å². The molecule has 6 nitrogen and oxygen atoms in total. The quantitative estimate of drug-likeness (QED) is 0.180. The van der Waals surface area contributed by atoms with Crippen molar-refractivity contribution in [3.63, 3.8) is 0 Å². The van der Waals surface area contributed by atoms with Gasteiger partial charge in [-0.05, 0) is 77.5 Å². The van der Waals surface area contributed by atoms with Crippen molar-refractivity contribution in [2.75, 3.05) is 0 Å². The molecular formula is C53H31N5O. The van der Waals surface area contributed by atoms with Gasteiger partial charge in [-0.3, -0.25) is 9.55 Å². The summed E-state index contributed by atoms with van der Waals surface area (Å²) in [5, 5.41) is 9.13. The predicted molar refractivity (Wildman–Crippen MR) is 242 cm³/mol. The Labute approximate surface area is 336 Å². The third-order valence-electron chi connectivity index (χ3n) is 11.9. The van der Waals surface area contributed by atoms with E-state index in [2.05, 4.69) is 143 Å². The van der Waals surface area contributed by atoms with Gasteiger partial charge < -0.3 is 8.98 Å². The zero-order valence-electron chi connectivity index (χ0n) is 31.5. The topological polar surface area (TPSA) is 61.7 Å². The zero-order chi connectivity index (χ0) is 38.6. The fourth-order valence-electron chi connectivity index (χ4n) is 9.34. The third kappa shape index (κ3) is 4.65. The van der Waals surface area contributed by atoms with E-state index in [0.717, 1.165) is 105 Å². The fraction of sp³-hybridized carbons (Fsp3) is 0. The first-order valence-corrected chi connectivity index (χ1v) is 19.9. The van der Waals surface area contributed by atoms with Gasteiger partial charge in [0, 0.05) is 55.3 Å². The minimum Gasteiger partial charge on any atom is -0.455 e. The van der Waals surface area contributed by atoms with Crippen molar-refractivity contribution in [3.05, 3.63) is 188 Å². The van der Waals surface area contributed by atoms with E-state index in [9.17, 15) is 0 Å². The van der Waals surface area contributed by atoms with E-state index in [0.29, 0.717) is 0 Å². The van der Waals surface area contributed by atoms with Crippen molar-refractivity contribution >= 4 is 87.4 Å². The number of hydrogen-bond acceptors (Lipinski definition) is 4. The van der Waals surface area contributed by atoms with Gasteiger partial charge in [-0.25, -0.2) is 9.97 Å². The SMILES string of the molecule is c1ccc(-c2nc3ccccc3nc2-n2c3cc4c5ccccc5n(-c5cc(-c6ccccn6)c6oc7ccccc7c6c5)c4cc3c3c4ccccc4ccc32)cc1. The molecule has 0 radical (unpaired) electrons. The van der Waals surface area contributed by atoms with E-state index < -0.39 is 0 Å². The molecule has 0 aliphatic rings. The highest BCUT2D eigenvalue weighted by Gasteiger charge is 2.24. The summed E-state index contributed by atoms with van der Waals surface area (Å²) in [6.07, 6.45) is 1.84. The van der Waals surface area contributed by atoms with Gasteiger partial charge in [0.25, 0.3) is 0 Å². The van der Waals surface area contributed by atoms with Crippen molar-refractivity contribution in [1.29, 1.82) is 0 Å². The summed E-state index contributed by atoms with van der Waals surface area (Å²) in [5.74, 6) is 0.797. The van der Waals surface area contributed by atoms with E-state index in [1.807, 2.05) is 54.7 Å². The summed E-state index contributed by atoms with van der Waals surface area (Å²) in [5.41, 5.74) is 12.5. The second-order valence-corrected chi connectivity index (χ2v) is 15.2. The van der Waals surface area contributed by atoms with Crippen molar-refractivity contribution in [3.8, 4) is 34.0 Å². The Kier molecular flexibility index (Phi) is 6.63. The maximum atomic E-state index is 6.58. The lowest BCUT2D eigenvalue weighted by Crippen LogP contribution is -2.03. The van der Waals surface area contributed by atoms with Crippen LogP contribution >= 0.6 is 0 Å². The minimum absolute atomic E-state index is 0.797. The molecule has 274 valence electrons. The van der Waals surface area contributed by atoms with Gasteiger partial charge >= 0.3 is 0 Å². The van der Waals surface area contributed by atoms with Gasteiger partial charge in [0.2, 0.25) is 0 Å². The lowest BCUT2D eigenvalue weighted by Gasteiger charge is -2.14. The Bertz CT molecular complexity index is 3840. The first kappa shape index (κ1) is 32.0. The molecule has 0 unspecified atom stereocenters. The highest BCUT2D eigenvalue weighted by molar-refractivity contribution is 6.25. The zero-order valence-corrected chi connectivity index (χ0v) is 31.5. The minimum atomic E-state index is 0.797. The number of benzene rings is 8. The lowest BCUT2D eigenvalue weighted by molar-refractivity contribution is 0.669. The monoisotopic (exact) mass is 753 g/mol. The number of aromatic nitrogens is 5. The Morgan fingerprint density at radius 2 is 1.15 bits per heavy atom. The summed E-state index contributed by atoms with van der Waals surface area (Å²) in [6.45, 7) is 0. The van der Waals surface area contributed by atoms with Crippen LogP contribution in [-0.2, 0) is 0 Å². The predicted octanol–water partition coefficient (Wildman–Crippen LogP) is 13.6. The van der Waals surface area contributed by atoms with Gasteiger partial charge in [-0.1, -0.05) is 115 Å². The number of fused-ring (bicyclic) bond motifs is 12. The number of pyridine rings is 1. The van der Waals surface area contributed by atoms with Crippen LogP contribution in [0.4, 0.5) is 0 Å². The molecule has 59 heavy (non-hydrogen) atoms. The number of para-hydroxylation sites is 4. The first-order chi connectivity index (χ1) is 29.3. The van der Waals surface area contributed by atoms with Crippen LogP contribution in [0.5, 0.6) is 0 Å². The first-order valence-electron chi connectivity index (χ1n) is 19.9.